The quantitative estimate of drug-likeness (QED) is 0.761. The number of nitrogens with one attached hydrogen (secondary N) is 1. The minimum Gasteiger partial charge on any atom is -0.385 e. The van der Waals surface area contributed by atoms with Crippen LogP contribution in [0.25, 0.3) is 0 Å². The van der Waals surface area contributed by atoms with Crippen LogP contribution < -0.4 is 11.1 Å². The molecule has 1 aromatic rings. The molecule has 0 bridgehead atoms. The van der Waals surface area contributed by atoms with Crippen LogP contribution in [0.5, 0.6) is 0 Å². The van der Waals surface area contributed by atoms with Crippen LogP contribution in [-0.4, -0.2) is 19.6 Å². The first-order chi connectivity index (χ1) is 9.86. The number of alkyl halides is 3. The first kappa shape index (κ1) is 17.5. The van der Waals surface area contributed by atoms with Gasteiger partial charge in [-0.15, -0.1) is 0 Å². The summed E-state index contributed by atoms with van der Waals surface area (Å²) < 4.78 is 43.1. The molecule has 0 saturated carbocycles. The Hall–Kier alpha value is -1.60. The van der Waals surface area contributed by atoms with E-state index in [0.29, 0.717) is 18.6 Å². The second-order valence-corrected chi connectivity index (χ2v) is 4.62. The number of benzene rings is 1. The van der Waals surface area contributed by atoms with Gasteiger partial charge in [0, 0.05) is 32.4 Å². The molecule has 7 heteroatoms. The summed E-state index contributed by atoms with van der Waals surface area (Å²) in [6.45, 7) is 0.523. The van der Waals surface area contributed by atoms with Crippen LogP contribution in [0.2, 0.25) is 0 Å². The molecule has 4 nitrogen and oxygen atoms in total. The maximum atomic E-state index is 12.7. The Morgan fingerprint density at radius 2 is 2.00 bits per heavy atom. The molecule has 118 valence electrons. The van der Waals surface area contributed by atoms with Crippen LogP contribution in [0.3, 0.4) is 0 Å². The fraction of sp³-hybridized carbons (Fsp3) is 0.500. The predicted molar refractivity (Wildman–Crippen MR) is 73.7 cm³/mol. The first-order valence-corrected chi connectivity index (χ1v) is 6.57. The highest BCUT2D eigenvalue weighted by Gasteiger charge is 2.31. The lowest BCUT2D eigenvalue weighted by Gasteiger charge is -2.12. The van der Waals surface area contributed by atoms with Crippen molar-refractivity contribution in [2.45, 2.75) is 32.0 Å². The molecule has 0 radical (unpaired) electrons. The van der Waals surface area contributed by atoms with E-state index in [1.807, 2.05) is 0 Å². The molecule has 0 spiro atoms. The maximum Gasteiger partial charge on any atom is 0.416 e. The van der Waals surface area contributed by atoms with Crippen molar-refractivity contribution >= 4 is 11.6 Å². The zero-order valence-corrected chi connectivity index (χ0v) is 11.8. The van der Waals surface area contributed by atoms with Crippen molar-refractivity contribution in [1.29, 1.82) is 0 Å². The van der Waals surface area contributed by atoms with Crippen LogP contribution in [0.1, 0.15) is 30.4 Å². The van der Waals surface area contributed by atoms with E-state index < -0.39 is 11.7 Å². The van der Waals surface area contributed by atoms with Crippen molar-refractivity contribution in [2.24, 2.45) is 5.73 Å². The molecule has 1 rings (SSSR count). The van der Waals surface area contributed by atoms with Gasteiger partial charge in [0.05, 0.1) is 5.56 Å². The second-order valence-electron chi connectivity index (χ2n) is 4.62. The number of anilines is 1. The van der Waals surface area contributed by atoms with Gasteiger partial charge in [0.25, 0.3) is 0 Å². The molecule has 0 aliphatic rings. The number of carbonyl (C=O) groups is 1. The number of hydrogen-bond donors (Lipinski definition) is 2. The summed E-state index contributed by atoms with van der Waals surface area (Å²) in [5, 5.41) is 2.47. The van der Waals surface area contributed by atoms with Crippen LogP contribution in [0.4, 0.5) is 18.9 Å². The molecule has 0 aliphatic heterocycles. The summed E-state index contributed by atoms with van der Waals surface area (Å²) in [6, 6.07) is 3.34. The zero-order chi connectivity index (χ0) is 15.9. The van der Waals surface area contributed by atoms with Gasteiger partial charge in [0.2, 0.25) is 5.91 Å². The summed E-state index contributed by atoms with van der Waals surface area (Å²) >= 11 is 0. The van der Waals surface area contributed by atoms with E-state index in [0.717, 1.165) is 18.6 Å². The molecular formula is C14H19F3N2O2. The SMILES string of the molecule is COCCCCC(=O)Nc1cc(CN)cc(C(F)(F)F)c1. The number of halogens is 3. The Labute approximate surface area is 121 Å². The van der Waals surface area contributed by atoms with E-state index in [4.69, 9.17) is 10.5 Å². The van der Waals surface area contributed by atoms with E-state index in [1.165, 1.54) is 6.07 Å². The smallest absolute Gasteiger partial charge is 0.385 e. The number of hydrogen-bond acceptors (Lipinski definition) is 3. The minimum atomic E-state index is -4.47. The highest BCUT2D eigenvalue weighted by molar-refractivity contribution is 5.90. The first-order valence-electron chi connectivity index (χ1n) is 6.57. The summed E-state index contributed by atoms with van der Waals surface area (Å²) in [5.41, 5.74) is 4.99. The Morgan fingerprint density at radius 3 is 2.57 bits per heavy atom. The summed E-state index contributed by atoms with van der Waals surface area (Å²) in [6.07, 6.45) is -2.90. The highest BCUT2D eigenvalue weighted by atomic mass is 19.4. The lowest BCUT2D eigenvalue weighted by atomic mass is 10.1. The standard InChI is InChI=1S/C14H19F3N2O2/c1-21-5-3-2-4-13(20)19-12-7-10(9-18)6-11(8-12)14(15,16)17/h6-8H,2-5,9,18H2,1H3,(H,19,20). The van der Waals surface area contributed by atoms with Gasteiger partial charge < -0.3 is 15.8 Å². The van der Waals surface area contributed by atoms with Gasteiger partial charge >= 0.3 is 6.18 Å². The predicted octanol–water partition coefficient (Wildman–Crippen LogP) is 2.92. The molecule has 0 aliphatic carbocycles. The van der Waals surface area contributed by atoms with Crippen molar-refractivity contribution in [1.82, 2.24) is 0 Å². The molecule has 1 aromatic carbocycles. The Balaban J connectivity index is 2.71. The maximum absolute atomic E-state index is 12.7. The molecular weight excluding hydrogens is 285 g/mol. The third-order valence-electron chi connectivity index (χ3n) is 2.84. The van der Waals surface area contributed by atoms with Crippen molar-refractivity contribution < 1.29 is 22.7 Å². The van der Waals surface area contributed by atoms with Gasteiger partial charge in [0.1, 0.15) is 0 Å². The molecule has 0 fully saturated rings. The van der Waals surface area contributed by atoms with E-state index in [2.05, 4.69) is 5.32 Å². The fourth-order valence-corrected chi connectivity index (χ4v) is 1.80. The van der Waals surface area contributed by atoms with Gasteiger partial charge in [-0.1, -0.05) is 0 Å². The number of amides is 1. The lowest BCUT2D eigenvalue weighted by Crippen LogP contribution is -2.14. The molecule has 0 saturated heterocycles. The van der Waals surface area contributed by atoms with Crippen LogP contribution >= 0.6 is 0 Å². The van der Waals surface area contributed by atoms with Crippen LogP contribution in [-0.2, 0) is 22.3 Å². The number of rotatable bonds is 7. The molecule has 1 amide bonds. The van der Waals surface area contributed by atoms with Crippen molar-refractivity contribution in [3.05, 3.63) is 29.3 Å². The minimum absolute atomic E-state index is 0.0272. The molecule has 0 unspecified atom stereocenters. The van der Waals surface area contributed by atoms with Crippen molar-refractivity contribution in [2.75, 3.05) is 19.0 Å². The molecule has 0 heterocycles. The molecule has 0 aromatic heterocycles. The number of methoxy groups -OCH3 is 1. The van der Waals surface area contributed by atoms with Gasteiger partial charge in [-0.3, -0.25) is 4.79 Å². The lowest BCUT2D eigenvalue weighted by molar-refractivity contribution is -0.137. The van der Waals surface area contributed by atoms with Gasteiger partial charge in [-0.05, 0) is 36.6 Å². The summed E-state index contributed by atoms with van der Waals surface area (Å²) in [7, 11) is 1.57. The third kappa shape index (κ3) is 6.14. The van der Waals surface area contributed by atoms with Gasteiger partial charge in [-0.2, -0.15) is 13.2 Å². The number of carbonyl (C=O) groups excluding carboxylic acids is 1. The summed E-state index contributed by atoms with van der Waals surface area (Å²) in [4.78, 5) is 11.7. The Bertz CT molecular complexity index is 476. The largest absolute Gasteiger partial charge is 0.416 e. The monoisotopic (exact) mass is 304 g/mol. The summed E-state index contributed by atoms with van der Waals surface area (Å²) in [5.74, 6) is -0.326. The van der Waals surface area contributed by atoms with E-state index in [9.17, 15) is 18.0 Å². The van der Waals surface area contributed by atoms with Gasteiger partial charge in [0.15, 0.2) is 0 Å². The number of ether oxygens (including phenoxy) is 1. The van der Waals surface area contributed by atoms with Gasteiger partial charge in [-0.25, -0.2) is 0 Å². The molecule has 3 N–H and O–H groups in total. The fourth-order valence-electron chi connectivity index (χ4n) is 1.80. The highest BCUT2D eigenvalue weighted by Crippen LogP contribution is 2.32. The van der Waals surface area contributed by atoms with E-state index in [1.54, 1.807) is 7.11 Å². The third-order valence-corrected chi connectivity index (χ3v) is 2.84. The zero-order valence-electron chi connectivity index (χ0n) is 11.8. The van der Waals surface area contributed by atoms with Crippen molar-refractivity contribution in [3.63, 3.8) is 0 Å². The van der Waals surface area contributed by atoms with E-state index in [-0.39, 0.29) is 24.6 Å². The van der Waals surface area contributed by atoms with Crippen LogP contribution in [0.15, 0.2) is 18.2 Å². The van der Waals surface area contributed by atoms with E-state index >= 15 is 0 Å². The molecule has 21 heavy (non-hydrogen) atoms. The average Bonchev–Trinajstić information content (AvgIpc) is 2.42. The number of unbranched alkanes of at least 4 members (excludes halogenated alkanes) is 1. The Morgan fingerprint density at radius 1 is 1.29 bits per heavy atom. The Kier molecular flexibility index (Phi) is 6.64. The second kappa shape index (κ2) is 7.99. The topological polar surface area (TPSA) is 64.3 Å². The van der Waals surface area contributed by atoms with Crippen LogP contribution in [0, 0.1) is 0 Å². The van der Waals surface area contributed by atoms with Crippen molar-refractivity contribution in [3.8, 4) is 0 Å². The normalized spacial score (nSPS) is 11.5. The average molecular weight is 304 g/mol. The number of nitrogens with two attached hydrogens (primary N) is 1. The molecule has 0 atom stereocenters.